The third kappa shape index (κ3) is 1.92. The minimum absolute atomic E-state index is 0.188. The first-order valence-electron chi connectivity index (χ1n) is 5.77. The molecule has 1 unspecified atom stereocenters. The minimum atomic E-state index is -0.614. The summed E-state index contributed by atoms with van der Waals surface area (Å²) in [5.41, 5.74) is 0. The van der Waals surface area contributed by atoms with Gasteiger partial charge in [-0.15, -0.1) is 0 Å². The number of hydrogen-bond donors (Lipinski definition) is 1. The maximum absolute atomic E-state index is 11.1. The van der Waals surface area contributed by atoms with Crippen LogP contribution in [0.1, 0.15) is 44.9 Å². The molecule has 0 aromatic rings. The van der Waals surface area contributed by atoms with E-state index in [-0.39, 0.29) is 6.04 Å². The third-order valence-corrected chi connectivity index (χ3v) is 3.62. The van der Waals surface area contributed by atoms with E-state index in [2.05, 4.69) is 4.90 Å². The molecule has 2 fully saturated rings. The Kier molecular flexibility index (Phi) is 3.06. The van der Waals surface area contributed by atoms with Crippen LogP contribution in [0.5, 0.6) is 0 Å². The van der Waals surface area contributed by atoms with Gasteiger partial charge in [-0.05, 0) is 32.2 Å². The Balaban J connectivity index is 2.01. The Bertz CT molecular complexity index is 211. The molecule has 14 heavy (non-hydrogen) atoms. The Morgan fingerprint density at radius 1 is 1.07 bits per heavy atom. The zero-order valence-electron chi connectivity index (χ0n) is 8.61. The average molecular weight is 197 g/mol. The van der Waals surface area contributed by atoms with Crippen LogP contribution in [0, 0.1) is 0 Å². The van der Waals surface area contributed by atoms with Gasteiger partial charge in [-0.1, -0.05) is 19.3 Å². The van der Waals surface area contributed by atoms with Gasteiger partial charge in [0.05, 0.1) is 0 Å². The van der Waals surface area contributed by atoms with E-state index in [1.54, 1.807) is 0 Å². The molecule has 0 amide bonds. The number of piperidine rings is 1. The van der Waals surface area contributed by atoms with E-state index in [0.717, 1.165) is 19.4 Å². The Hall–Kier alpha value is -0.570. The smallest absolute Gasteiger partial charge is 0.320 e. The highest BCUT2D eigenvalue weighted by atomic mass is 16.4. The van der Waals surface area contributed by atoms with Crippen molar-refractivity contribution >= 4 is 5.97 Å². The van der Waals surface area contributed by atoms with Gasteiger partial charge in [-0.2, -0.15) is 0 Å². The van der Waals surface area contributed by atoms with Crippen LogP contribution in [-0.2, 0) is 4.79 Å². The Morgan fingerprint density at radius 3 is 2.36 bits per heavy atom. The van der Waals surface area contributed by atoms with Crippen molar-refractivity contribution in [1.29, 1.82) is 0 Å². The topological polar surface area (TPSA) is 40.5 Å². The molecule has 0 bridgehead atoms. The second-order valence-electron chi connectivity index (χ2n) is 4.53. The predicted octanol–water partition coefficient (Wildman–Crippen LogP) is 1.87. The third-order valence-electron chi connectivity index (χ3n) is 3.62. The lowest BCUT2D eigenvalue weighted by molar-refractivity contribution is -0.145. The number of rotatable bonds is 2. The molecule has 2 rings (SSSR count). The molecule has 0 aromatic heterocycles. The molecule has 0 aromatic carbocycles. The Labute approximate surface area is 85.1 Å². The molecule has 3 nitrogen and oxygen atoms in total. The molecule has 1 aliphatic carbocycles. The second-order valence-corrected chi connectivity index (χ2v) is 4.53. The van der Waals surface area contributed by atoms with E-state index in [1.165, 1.54) is 32.1 Å². The van der Waals surface area contributed by atoms with Crippen LogP contribution >= 0.6 is 0 Å². The quantitative estimate of drug-likeness (QED) is 0.734. The molecule has 1 saturated heterocycles. The fourth-order valence-corrected chi connectivity index (χ4v) is 2.89. The predicted molar refractivity (Wildman–Crippen MR) is 54.2 cm³/mol. The normalized spacial score (nSPS) is 30.7. The van der Waals surface area contributed by atoms with Crippen LogP contribution in [0.2, 0.25) is 0 Å². The zero-order chi connectivity index (χ0) is 9.97. The summed E-state index contributed by atoms with van der Waals surface area (Å²) in [4.78, 5) is 13.3. The largest absolute Gasteiger partial charge is 0.480 e. The minimum Gasteiger partial charge on any atom is -0.480 e. The van der Waals surface area contributed by atoms with Gasteiger partial charge in [0.15, 0.2) is 0 Å². The molecule has 1 heterocycles. The molecule has 1 aliphatic heterocycles. The average Bonchev–Trinajstić information content (AvgIpc) is 2.70. The monoisotopic (exact) mass is 197 g/mol. The molecule has 0 radical (unpaired) electrons. The number of carboxylic acids is 1. The number of aliphatic carboxylic acids is 1. The van der Waals surface area contributed by atoms with Crippen LogP contribution in [-0.4, -0.2) is 34.6 Å². The first-order valence-corrected chi connectivity index (χ1v) is 5.77. The summed E-state index contributed by atoms with van der Waals surface area (Å²) in [6.45, 7) is 1.00. The van der Waals surface area contributed by atoms with Crippen molar-refractivity contribution < 1.29 is 9.90 Å². The number of hydrogen-bond acceptors (Lipinski definition) is 2. The first kappa shape index (κ1) is 9.97. The van der Waals surface area contributed by atoms with Gasteiger partial charge < -0.3 is 5.11 Å². The van der Waals surface area contributed by atoms with Gasteiger partial charge in [-0.25, -0.2) is 0 Å². The van der Waals surface area contributed by atoms with Gasteiger partial charge in [0.25, 0.3) is 0 Å². The standard InChI is InChI=1S/C11H19NO2/c13-11(14)10-7-3-4-8-12(10)9-5-1-2-6-9/h9-10H,1-8H2,(H,13,14). The Morgan fingerprint density at radius 2 is 1.71 bits per heavy atom. The summed E-state index contributed by atoms with van der Waals surface area (Å²) < 4.78 is 0. The van der Waals surface area contributed by atoms with Crippen molar-refractivity contribution in [2.24, 2.45) is 0 Å². The number of likely N-dealkylation sites (tertiary alicyclic amines) is 1. The van der Waals surface area contributed by atoms with E-state index in [9.17, 15) is 4.79 Å². The summed E-state index contributed by atoms with van der Waals surface area (Å²) in [7, 11) is 0. The molecule has 1 saturated carbocycles. The summed E-state index contributed by atoms with van der Waals surface area (Å²) >= 11 is 0. The van der Waals surface area contributed by atoms with Crippen LogP contribution < -0.4 is 0 Å². The molecular formula is C11H19NO2. The molecule has 2 aliphatic rings. The number of carboxylic acid groups (broad SMARTS) is 1. The van der Waals surface area contributed by atoms with Crippen molar-refractivity contribution in [3.8, 4) is 0 Å². The van der Waals surface area contributed by atoms with Crippen molar-refractivity contribution in [2.45, 2.75) is 57.0 Å². The zero-order valence-corrected chi connectivity index (χ0v) is 8.61. The fourth-order valence-electron chi connectivity index (χ4n) is 2.89. The molecule has 3 heteroatoms. The van der Waals surface area contributed by atoms with Crippen molar-refractivity contribution in [2.75, 3.05) is 6.54 Å². The molecule has 1 atom stereocenters. The highest BCUT2D eigenvalue weighted by Gasteiger charge is 2.34. The fraction of sp³-hybridized carbons (Fsp3) is 0.909. The van der Waals surface area contributed by atoms with Gasteiger partial charge in [0, 0.05) is 6.04 Å². The molecule has 1 N–H and O–H groups in total. The van der Waals surface area contributed by atoms with Crippen molar-refractivity contribution in [3.63, 3.8) is 0 Å². The van der Waals surface area contributed by atoms with E-state index < -0.39 is 5.97 Å². The van der Waals surface area contributed by atoms with Gasteiger partial charge in [0.1, 0.15) is 6.04 Å². The van der Waals surface area contributed by atoms with Gasteiger partial charge in [0.2, 0.25) is 0 Å². The lowest BCUT2D eigenvalue weighted by Gasteiger charge is -2.37. The SMILES string of the molecule is O=C(O)C1CCCCN1C1CCCC1. The molecule has 0 spiro atoms. The summed E-state index contributed by atoms with van der Waals surface area (Å²) in [5.74, 6) is -0.614. The van der Waals surface area contributed by atoms with Crippen LogP contribution in [0.4, 0.5) is 0 Å². The van der Waals surface area contributed by atoms with Gasteiger partial charge >= 0.3 is 5.97 Å². The second kappa shape index (κ2) is 4.30. The van der Waals surface area contributed by atoms with Crippen LogP contribution in [0.25, 0.3) is 0 Å². The summed E-state index contributed by atoms with van der Waals surface area (Å²) in [5, 5.41) is 9.13. The lowest BCUT2D eigenvalue weighted by Crippen LogP contribution is -2.49. The molecule has 80 valence electrons. The molecular weight excluding hydrogens is 178 g/mol. The maximum Gasteiger partial charge on any atom is 0.320 e. The number of carbonyl (C=O) groups is 1. The highest BCUT2D eigenvalue weighted by Crippen LogP contribution is 2.29. The van der Waals surface area contributed by atoms with Crippen molar-refractivity contribution in [1.82, 2.24) is 4.90 Å². The van der Waals surface area contributed by atoms with E-state index in [0.29, 0.717) is 6.04 Å². The number of nitrogens with zero attached hydrogens (tertiary/aromatic N) is 1. The highest BCUT2D eigenvalue weighted by molar-refractivity contribution is 5.73. The van der Waals surface area contributed by atoms with E-state index in [4.69, 9.17) is 5.11 Å². The van der Waals surface area contributed by atoms with E-state index in [1.807, 2.05) is 0 Å². The first-order chi connectivity index (χ1) is 6.79. The van der Waals surface area contributed by atoms with Crippen molar-refractivity contribution in [3.05, 3.63) is 0 Å². The lowest BCUT2D eigenvalue weighted by atomic mass is 9.99. The van der Waals surface area contributed by atoms with E-state index >= 15 is 0 Å². The van der Waals surface area contributed by atoms with Crippen LogP contribution in [0.3, 0.4) is 0 Å². The summed E-state index contributed by atoms with van der Waals surface area (Å²) in [6, 6.07) is 0.378. The maximum atomic E-state index is 11.1. The summed E-state index contributed by atoms with van der Waals surface area (Å²) in [6.07, 6.45) is 8.11. The van der Waals surface area contributed by atoms with Gasteiger partial charge in [-0.3, -0.25) is 9.69 Å². The van der Waals surface area contributed by atoms with Crippen LogP contribution in [0.15, 0.2) is 0 Å².